The first kappa shape index (κ1) is 12.5. The third-order valence-electron chi connectivity index (χ3n) is 3.03. The summed E-state index contributed by atoms with van der Waals surface area (Å²) in [7, 11) is 0. The second-order valence-electron chi connectivity index (χ2n) is 4.42. The van der Waals surface area contributed by atoms with Crippen LogP contribution in [0.3, 0.4) is 0 Å². The van der Waals surface area contributed by atoms with Crippen molar-refractivity contribution in [3.05, 3.63) is 11.1 Å². The van der Waals surface area contributed by atoms with Gasteiger partial charge >= 0.3 is 0 Å². The molecule has 0 bridgehead atoms. The zero-order chi connectivity index (χ0) is 12.4. The van der Waals surface area contributed by atoms with Gasteiger partial charge in [0.1, 0.15) is 0 Å². The fraction of sp³-hybridized carbons (Fsp3) is 0.667. The Morgan fingerprint density at radius 2 is 2.47 bits per heavy atom. The average molecular weight is 254 g/mol. The molecule has 1 saturated heterocycles. The first-order valence-corrected chi connectivity index (χ1v) is 6.78. The number of carbonyl (C=O) groups excluding carboxylic acids is 1. The number of rotatable bonds is 3. The predicted molar refractivity (Wildman–Crippen MR) is 69.0 cm³/mol. The highest BCUT2D eigenvalue weighted by molar-refractivity contribution is 7.17. The second kappa shape index (κ2) is 5.14. The highest BCUT2D eigenvalue weighted by Crippen LogP contribution is 2.28. The molecule has 1 aliphatic rings. The number of ketones is 1. The van der Waals surface area contributed by atoms with Crippen molar-refractivity contribution in [2.45, 2.75) is 39.3 Å². The van der Waals surface area contributed by atoms with Crippen molar-refractivity contribution in [2.75, 3.05) is 18.1 Å². The van der Waals surface area contributed by atoms with E-state index in [4.69, 9.17) is 4.74 Å². The molecule has 4 nitrogen and oxygen atoms in total. The molecule has 0 aromatic carbocycles. The summed E-state index contributed by atoms with van der Waals surface area (Å²) in [5.41, 5.74) is 0. The van der Waals surface area contributed by atoms with Crippen LogP contribution in [0, 0.1) is 0 Å². The maximum atomic E-state index is 11.3. The van der Waals surface area contributed by atoms with Crippen LogP contribution in [0.5, 0.6) is 0 Å². The lowest BCUT2D eigenvalue weighted by atomic mass is 10.1. The Morgan fingerprint density at radius 1 is 1.71 bits per heavy atom. The Hall–Kier alpha value is -0.940. The maximum absolute atomic E-state index is 11.3. The van der Waals surface area contributed by atoms with Gasteiger partial charge in [-0.2, -0.15) is 0 Å². The van der Waals surface area contributed by atoms with Gasteiger partial charge in [0.2, 0.25) is 0 Å². The van der Waals surface area contributed by atoms with Crippen molar-refractivity contribution in [1.82, 2.24) is 4.98 Å². The number of hydrogen-bond acceptors (Lipinski definition) is 5. The van der Waals surface area contributed by atoms with Gasteiger partial charge < -0.3 is 9.64 Å². The van der Waals surface area contributed by atoms with E-state index in [0.717, 1.165) is 29.6 Å². The van der Waals surface area contributed by atoms with Crippen molar-refractivity contribution < 1.29 is 9.53 Å². The topological polar surface area (TPSA) is 42.4 Å². The van der Waals surface area contributed by atoms with Crippen LogP contribution in [0.4, 0.5) is 5.13 Å². The molecule has 1 fully saturated rings. The van der Waals surface area contributed by atoms with E-state index in [1.165, 1.54) is 11.3 Å². The number of thiazole rings is 1. The third-order valence-corrected chi connectivity index (χ3v) is 4.16. The molecule has 2 heterocycles. The zero-order valence-corrected chi connectivity index (χ0v) is 11.3. The first-order chi connectivity index (χ1) is 8.11. The highest BCUT2D eigenvalue weighted by atomic mass is 32.1. The van der Waals surface area contributed by atoms with Gasteiger partial charge in [-0.3, -0.25) is 4.79 Å². The molecule has 0 aliphatic carbocycles. The van der Waals surface area contributed by atoms with E-state index >= 15 is 0 Å². The Balaban J connectivity index is 2.19. The molecule has 0 amide bonds. The fourth-order valence-electron chi connectivity index (χ4n) is 1.98. The number of aromatic nitrogens is 1. The largest absolute Gasteiger partial charge is 0.375 e. The molecular formula is C12H18N2O2S. The Morgan fingerprint density at radius 3 is 3.06 bits per heavy atom. The maximum Gasteiger partial charge on any atom is 0.186 e. The minimum absolute atomic E-state index is 0.0862. The minimum Gasteiger partial charge on any atom is -0.375 e. The lowest BCUT2D eigenvalue weighted by molar-refractivity contribution is 0.0299. The highest BCUT2D eigenvalue weighted by Gasteiger charge is 2.27. The molecule has 0 spiro atoms. The molecule has 2 unspecified atom stereocenters. The summed E-state index contributed by atoms with van der Waals surface area (Å²) in [6, 6.07) is 0.372. The van der Waals surface area contributed by atoms with E-state index in [0.29, 0.717) is 6.04 Å². The summed E-state index contributed by atoms with van der Waals surface area (Å²) < 4.78 is 5.66. The third kappa shape index (κ3) is 2.66. The number of ether oxygens (including phenoxy) is 1. The second-order valence-corrected chi connectivity index (χ2v) is 5.43. The molecular weight excluding hydrogens is 236 g/mol. The monoisotopic (exact) mass is 254 g/mol. The Kier molecular flexibility index (Phi) is 3.79. The van der Waals surface area contributed by atoms with E-state index in [2.05, 4.69) is 23.7 Å². The van der Waals surface area contributed by atoms with Crippen molar-refractivity contribution in [3.8, 4) is 0 Å². The van der Waals surface area contributed by atoms with Gasteiger partial charge in [0.05, 0.1) is 29.8 Å². The van der Waals surface area contributed by atoms with Crippen molar-refractivity contribution in [3.63, 3.8) is 0 Å². The molecule has 1 aliphatic heterocycles. The molecule has 94 valence electrons. The first-order valence-electron chi connectivity index (χ1n) is 5.96. The number of hydrogen-bond donors (Lipinski definition) is 0. The Labute approximate surface area is 106 Å². The molecule has 2 rings (SSSR count). The van der Waals surface area contributed by atoms with Crippen LogP contribution < -0.4 is 4.90 Å². The van der Waals surface area contributed by atoms with Crippen LogP contribution >= 0.6 is 11.3 Å². The van der Waals surface area contributed by atoms with Crippen LogP contribution in [0.2, 0.25) is 0 Å². The number of anilines is 1. The summed E-state index contributed by atoms with van der Waals surface area (Å²) in [5, 5.41) is 0.942. The van der Waals surface area contributed by atoms with Crippen molar-refractivity contribution in [2.24, 2.45) is 0 Å². The molecule has 17 heavy (non-hydrogen) atoms. The standard InChI is InChI=1S/C12H18N2O2S/c1-4-10-7-16-8(2)6-14(10)12-13-5-11(17-12)9(3)15/h5,8,10H,4,6-7H2,1-3H3. The van der Waals surface area contributed by atoms with E-state index in [1.807, 2.05) is 0 Å². The van der Waals surface area contributed by atoms with Gasteiger partial charge in [-0.25, -0.2) is 4.98 Å². The molecule has 0 radical (unpaired) electrons. The quantitative estimate of drug-likeness (QED) is 0.777. The van der Waals surface area contributed by atoms with Crippen LogP contribution in [0.1, 0.15) is 36.9 Å². The lowest BCUT2D eigenvalue weighted by Crippen LogP contribution is -2.48. The smallest absolute Gasteiger partial charge is 0.186 e. The molecule has 0 saturated carbocycles. The zero-order valence-electron chi connectivity index (χ0n) is 10.5. The molecule has 5 heteroatoms. The van der Waals surface area contributed by atoms with Gasteiger partial charge in [0.25, 0.3) is 0 Å². The van der Waals surface area contributed by atoms with Crippen molar-refractivity contribution >= 4 is 22.3 Å². The van der Waals surface area contributed by atoms with Crippen LogP contribution in [-0.4, -0.2) is 36.1 Å². The number of morpholine rings is 1. The lowest BCUT2D eigenvalue weighted by Gasteiger charge is -2.38. The predicted octanol–water partition coefficient (Wildman–Crippen LogP) is 2.35. The van der Waals surface area contributed by atoms with E-state index in [9.17, 15) is 4.79 Å². The normalized spacial score (nSPS) is 25.0. The minimum atomic E-state index is 0.0862. The van der Waals surface area contributed by atoms with Crippen molar-refractivity contribution in [1.29, 1.82) is 0 Å². The van der Waals surface area contributed by atoms with Crippen LogP contribution in [0.25, 0.3) is 0 Å². The Bertz CT molecular complexity index is 405. The summed E-state index contributed by atoms with van der Waals surface area (Å²) in [6.45, 7) is 7.39. The number of nitrogens with zero attached hydrogens (tertiary/aromatic N) is 2. The molecule has 1 aromatic heterocycles. The van der Waals surface area contributed by atoms with Crippen LogP contribution in [0.15, 0.2) is 6.20 Å². The van der Waals surface area contributed by atoms with Crippen LogP contribution in [-0.2, 0) is 4.74 Å². The number of Topliss-reactive ketones (excluding diaryl/α,β-unsaturated/α-hetero) is 1. The van der Waals surface area contributed by atoms with E-state index in [-0.39, 0.29) is 11.9 Å². The fourth-order valence-corrected chi connectivity index (χ4v) is 2.87. The number of carbonyl (C=O) groups is 1. The molecule has 1 aromatic rings. The van der Waals surface area contributed by atoms with Gasteiger partial charge in [-0.15, -0.1) is 0 Å². The molecule has 2 atom stereocenters. The van der Waals surface area contributed by atoms with Gasteiger partial charge in [0.15, 0.2) is 10.9 Å². The summed E-state index contributed by atoms with van der Waals surface area (Å²) in [4.78, 5) is 18.6. The summed E-state index contributed by atoms with van der Waals surface area (Å²) >= 11 is 1.48. The SMILES string of the molecule is CCC1COC(C)CN1c1ncc(C(C)=O)s1. The summed E-state index contributed by atoms with van der Waals surface area (Å²) in [6.07, 6.45) is 2.93. The van der Waals surface area contributed by atoms with Gasteiger partial charge in [0, 0.05) is 13.5 Å². The summed E-state index contributed by atoms with van der Waals surface area (Å²) in [5.74, 6) is 0.0862. The van der Waals surface area contributed by atoms with Gasteiger partial charge in [-0.1, -0.05) is 18.3 Å². The van der Waals surface area contributed by atoms with E-state index < -0.39 is 0 Å². The average Bonchev–Trinajstić information content (AvgIpc) is 2.78. The van der Waals surface area contributed by atoms with Gasteiger partial charge in [-0.05, 0) is 13.3 Å². The van der Waals surface area contributed by atoms with E-state index in [1.54, 1.807) is 13.1 Å². The molecule has 0 N–H and O–H groups in total.